The van der Waals surface area contributed by atoms with Gasteiger partial charge in [-0.15, -0.1) is 0 Å². The predicted octanol–water partition coefficient (Wildman–Crippen LogP) is 1.62. The summed E-state index contributed by atoms with van der Waals surface area (Å²) in [6.07, 6.45) is 3.91. The Morgan fingerprint density at radius 2 is 2.00 bits per heavy atom. The third-order valence-electron chi connectivity index (χ3n) is 3.85. The van der Waals surface area contributed by atoms with Gasteiger partial charge in [-0.2, -0.15) is 0 Å². The predicted molar refractivity (Wildman–Crippen MR) is 89.9 cm³/mol. The fourth-order valence-electron chi connectivity index (χ4n) is 2.46. The molecule has 0 aliphatic carbocycles. The van der Waals surface area contributed by atoms with Crippen molar-refractivity contribution in [3.05, 3.63) is 40.9 Å². The van der Waals surface area contributed by atoms with E-state index in [9.17, 15) is 14.4 Å². The second-order valence-electron chi connectivity index (χ2n) is 5.55. The van der Waals surface area contributed by atoms with E-state index in [1.54, 1.807) is 35.2 Å². The van der Waals surface area contributed by atoms with E-state index in [-0.39, 0.29) is 24.3 Å². The SMILES string of the molecule is NC(=O)C1CCN(C(=O)COC(=O)/C=C/c2cccc(Cl)c2)CC1. The molecule has 1 fully saturated rings. The van der Waals surface area contributed by atoms with Crippen molar-refractivity contribution < 1.29 is 19.1 Å². The van der Waals surface area contributed by atoms with E-state index in [0.29, 0.717) is 31.0 Å². The molecule has 2 rings (SSSR count). The summed E-state index contributed by atoms with van der Waals surface area (Å²) >= 11 is 5.85. The van der Waals surface area contributed by atoms with Gasteiger partial charge in [0, 0.05) is 30.1 Å². The van der Waals surface area contributed by atoms with Gasteiger partial charge in [-0.3, -0.25) is 9.59 Å². The highest BCUT2D eigenvalue weighted by Crippen LogP contribution is 2.16. The molecule has 1 saturated heterocycles. The smallest absolute Gasteiger partial charge is 0.331 e. The topological polar surface area (TPSA) is 89.7 Å². The van der Waals surface area contributed by atoms with Gasteiger partial charge in [-0.1, -0.05) is 23.7 Å². The van der Waals surface area contributed by atoms with Crippen LogP contribution in [0.2, 0.25) is 5.02 Å². The molecular weight excluding hydrogens is 332 g/mol. The van der Waals surface area contributed by atoms with E-state index in [1.807, 2.05) is 0 Å². The molecular formula is C17H19ClN2O4. The fraction of sp³-hybridized carbons (Fsp3) is 0.353. The van der Waals surface area contributed by atoms with Gasteiger partial charge in [0.05, 0.1) is 0 Å². The standard InChI is InChI=1S/C17H19ClN2O4/c18-14-3-1-2-12(10-14)4-5-16(22)24-11-15(21)20-8-6-13(7-9-20)17(19)23/h1-5,10,13H,6-9,11H2,(H2,19,23)/b5-4+. The van der Waals surface area contributed by atoms with Crippen molar-refractivity contribution in [1.82, 2.24) is 4.90 Å². The Labute approximate surface area is 145 Å². The lowest BCUT2D eigenvalue weighted by molar-refractivity contribution is -0.149. The van der Waals surface area contributed by atoms with E-state index in [4.69, 9.17) is 22.1 Å². The number of nitrogens with zero attached hydrogens (tertiary/aromatic N) is 1. The Kier molecular flexibility index (Phi) is 6.37. The summed E-state index contributed by atoms with van der Waals surface area (Å²) < 4.78 is 4.94. The van der Waals surface area contributed by atoms with Crippen LogP contribution in [-0.4, -0.2) is 42.4 Å². The number of carbonyl (C=O) groups is 3. The molecule has 1 aromatic carbocycles. The molecule has 1 heterocycles. The van der Waals surface area contributed by atoms with Crippen LogP contribution in [0, 0.1) is 5.92 Å². The molecule has 128 valence electrons. The van der Waals surface area contributed by atoms with Gasteiger partial charge in [-0.25, -0.2) is 4.79 Å². The van der Waals surface area contributed by atoms with E-state index in [0.717, 1.165) is 5.56 Å². The minimum atomic E-state index is -0.602. The highest BCUT2D eigenvalue weighted by atomic mass is 35.5. The van der Waals surface area contributed by atoms with Gasteiger partial charge in [-0.05, 0) is 36.6 Å². The van der Waals surface area contributed by atoms with Crippen LogP contribution in [0.5, 0.6) is 0 Å². The molecule has 0 atom stereocenters. The molecule has 2 amide bonds. The number of ether oxygens (including phenoxy) is 1. The Balaban J connectivity index is 1.75. The first-order valence-electron chi connectivity index (χ1n) is 7.63. The number of rotatable bonds is 5. The largest absolute Gasteiger partial charge is 0.452 e. The molecule has 0 radical (unpaired) electrons. The summed E-state index contributed by atoms with van der Waals surface area (Å²) in [6, 6.07) is 7.01. The maximum Gasteiger partial charge on any atom is 0.331 e. The maximum absolute atomic E-state index is 12.0. The summed E-state index contributed by atoms with van der Waals surface area (Å²) in [7, 11) is 0. The second kappa shape index (κ2) is 8.49. The Morgan fingerprint density at radius 3 is 2.62 bits per heavy atom. The molecule has 24 heavy (non-hydrogen) atoms. The molecule has 0 spiro atoms. The first-order chi connectivity index (χ1) is 11.5. The summed E-state index contributed by atoms with van der Waals surface area (Å²) in [5, 5.41) is 0.569. The molecule has 2 N–H and O–H groups in total. The summed E-state index contributed by atoms with van der Waals surface area (Å²) in [4.78, 5) is 36.3. The number of esters is 1. The van der Waals surface area contributed by atoms with Crippen LogP contribution in [0.4, 0.5) is 0 Å². The van der Waals surface area contributed by atoms with Crippen molar-refractivity contribution in [1.29, 1.82) is 0 Å². The number of hydrogen-bond donors (Lipinski definition) is 1. The van der Waals surface area contributed by atoms with Gasteiger partial charge in [0.1, 0.15) is 0 Å². The third kappa shape index (κ3) is 5.38. The van der Waals surface area contributed by atoms with Crippen LogP contribution >= 0.6 is 11.6 Å². The van der Waals surface area contributed by atoms with Gasteiger partial charge in [0.25, 0.3) is 5.91 Å². The van der Waals surface area contributed by atoms with Crippen molar-refractivity contribution in [2.24, 2.45) is 11.7 Å². The first-order valence-corrected chi connectivity index (χ1v) is 8.01. The van der Waals surface area contributed by atoms with E-state index >= 15 is 0 Å². The molecule has 1 aliphatic rings. The summed E-state index contributed by atoms with van der Waals surface area (Å²) in [5.74, 6) is -1.39. The Bertz CT molecular complexity index is 652. The lowest BCUT2D eigenvalue weighted by Crippen LogP contribution is -2.43. The van der Waals surface area contributed by atoms with Crippen molar-refractivity contribution in [3.8, 4) is 0 Å². The maximum atomic E-state index is 12.0. The molecule has 0 saturated carbocycles. The van der Waals surface area contributed by atoms with Crippen LogP contribution in [-0.2, 0) is 19.1 Å². The fourth-order valence-corrected chi connectivity index (χ4v) is 2.66. The number of benzene rings is 1. The first kappa shape index (κ1) is 18.0. The van der Waals surface area contributed by atoms with Gasteiger partial charge in [0.15, 0.2) is 6.61 Å². The zero-order chi connectivity index (χ0) is 17.5. The summed E-state index contributed by atoms with van der Waals surface area (Å²) in [6.45, 7) is 0.574. The second-order valence-corrected chi connectivity index (χ2v) is 5.99. The minimum Gasteiger partial charge on any atom is -0.452 e. The zero-order valence-electron chi connectivity index (χ0n) is 13.1. The van der Waals surface area contributed by atoms with E-state index in [2.05, 4.69) is 0 Å². The van der Waals surface area contributed by atoms with Crippen molar-refractivity contribution in [2.75, 3.05) is 19.7 Å². The zero-order valence-corrected chi connectivity index (χ0v) is 13.9. The highest BCUT2D eigenvalue weighted by Gasteiger charge is 2.26. The van der Waals surface area contributed by atoms with Crippen LogP contribution in [0.15, 0.2) is 30.3 Å². The average Bonchev–Trinajstić information content (AvgIpc) is 2.58. The summed E-state index contributed by atoms with van der Waals surface area (Å²) in [5.41, 5.74) is 6.01. The molecule has 0 bridgehead atoms. The molecule has 1 aromatic rings. The lowest BCUT2D eigenvalue weighted by Gasteiger charge is -2.30. The number of primary amides is 1. The molecule has 6 nitrogen and oxygen atoms in total. The number of carbonyl (C=O) groups excluding carboxylic acids is 3. The average molecular weight is 351 g/mol. The lowest BCUT2D eigenvalue weighted by atomic mass is 9.96. The quantitative estimate of drug-likeness (QED) is 0.645. The molecule has 1 aliphatic heterocycles. The number of piperidine rings is 1. The molecule has 0 aromatic heterocycles. The highest BCUT2D eigenvalue weighted by molar-refractivity contribution is 6.30. The van der Waals surface area contributed by atoms with Crippen LogP contribution in [0.1, 0.15) is 18.4 Å². The number of amides is 2. The molecule has 7 heteroatoms. The monoisotopic (exact) mass is 350 g/mol. The minimum absolute atomic E-state index is 0.183. The Morgan fingerprint density at radius 1 is 1.29 bits per heavy atom. The number of nitrogens with two attached hydrogens (primary N) is 1. The normalized spacial score (nSPS) is 15.5. The number of hydrogen-bond acceptors (Lipinski definition) is 4. The van der Waals surface area contributed by atoms with Crippen LogP contribution < -0.4 is 5.73 Å². The van der Waals surface area contributed by atoms with E-state index < -0.39 is 5.97 Å². The van der Waals surface area contributed by atoms with Crippen LogP contribution in [0.3, 0.4) is 0 Å². The molecule has 0 unspecified atom stereocenters. The van der Waals surface area contributed by atoms with Crippen LogP contribution in [0.25, 0.3) is 6.08 Å². The number of halogens is 1. The van der Waals surface area contributed by atoms with Gasteiger partial charge >= 0.3 is 5.97 Å². The number of likely N-dealkylation sites (tertiary alicyclic amines) is 1. The van der Waals surface area contributed by atoms with Crippen molar-refractivity contribution >= 4 is 35.5 Å². The third-order valence-corrected chi connectivity index (χ3v) is 4.08. The van der Waals surface area contributed by atoms with Crippen molar-refractivity contribution in [2.45, 2.75) is 12.8 Å². The van der Waals surface area contributed by atoms with Crippen molar-refractivity contribution in [3.63, 3.8) is 0 Å². The van der Waals surface area contributed by atoms with E-state index in [1.165, 1.54) is 6.08 Å². The Hall–Kier alpha value is -2.34. The van der Waals surface area contributed by atoms with Gasteiger partial charge < -0.3 is 15.4 Å². The van der Waals surface area contributed by atoms with Gasteiger partial charge in [0.2, 0.25) is 5.91 Å².